The Morgan fingerprint density at radius 3 is 2.37 bits per heavy atom. The largest absolute Gasteiger partial charge is 0.465 e. The molecule has 2 aromatic rings. The first-order chi connectivity index (χ1) is 14.5. The van der Waals surface area contributed by atoms with E-state index in [1.54, 1.807) is 36.4 Å². The average Bonchev–Trinajstić information content (AvgIpc) is 3.28. The molecule has 0 aromatic heterocycles. The van der Waals surface area contributed by atoms with Gasteiger partial charge in [0.15, 0.2) is 0 Å². The van der Waals surface area contributed by atoms with Crippen molar-refractivity contribution in [3.8, 4) is 0 Å². The van der Waals surface area contributed by atoms with E-state index in [2.05, 4.69) is 15.5 Å². The van der Waals surface area contributed by atoms with Gasteiger partial charge in [-0.25, -0.2) is 4.79 Å². The molecular formula is C22H24ClN3O4. The smallest absolute Gasteiger partial charge is 0.337 e. The molecular weight excluding hydrogens is 406 g/mol. The van der Waals surface area contributed by atoms with E-state index in [1.165, 1.54) is 7.11 Å². The van der Waals surface area contributed by atoms with Gasteiger partial charge in [0.25, 0.3) is 5.91 Å². The third-order valence-electron chi connectivity index (χ3n) is 4.88. The second-order valence-electron chi connectivity index (χ2n) is 6.98. The van der Waals surface area contributed by atoms with Crippen molar-refractivity contribution >= 4 is 40.8 Å². The number of carbonyl (C=O) groups excluding carboxylic acids is 3. The number of halogens is 1. The Morgan fingerprint density at radius 1 is 1.03 bits per heavy atom. The number of ether oxygens (including phenoxy) is 1. The van der Waals surface area contributed by atoms with Gasteiger partial charge in [0.2, 0.25) is 5.91 Å². The summed E-state index contributed by atoms with van der Waals surface area (Å²) in [5.41, 5.74) is 2.28. The van der Waals surface area contributed by atoms with Gasteiger partial charge in [-0.1, -0.05) is 11.6 Å². The van der Waals surface area contributed by atoms with Crippen molar-refractivity contribution in [3.05, 3.63) is 58.6 Å². The quantitative estimate of drug-likeness (QED) is 0.658. The first-order valence-corrected chi connectivity index (χ1v) is 10.2. The molecule has 8 heteroatoms. The van der Waals surface area contributed by atoms with Crippen molar-refractivity contribution < 1.29 is 19.1 Å². The average molecular weight is 430 g/mol. The number of hydrogen-bond acceptors (Lipinski definition) is 5. The predicted molar refractivity (Wildman–Crippen MR) is 116 cm³/mol. The second kappa shape index (κ2) is 10.1. The van der Waals surface area contributed by atoms with Gasteiger partial charge >= 0.3 is 5.97 Å². The topological polar surface area (TPSA) is 87.7 Å². The lowest BCUT2D eigenvalue weighted by Gasteiger charge is -2.22. The molecule has 0 spiro atoms. The summed E-state index contributed by atoms with van der Waals surface area (Å²) in [5, 5.41) is 6.14. The Kier molecular flexibility index (Phi) is 7.30. The highest BCUT2D eigenvalue weighted by atomic mass is 35.5. The van der Waals surface area contributed by atoms with Gasteiger partial charge in [-0.2, -0.15) is 0 Å². The van der Waals surface area contributed by atoms with E-state index in [0.717, 1.165) is 31.6 Å². The van der Waals surface area contributed by atoms with Gasteiger partial charge in [0.1, 0.15) is 0 Å². The molecule has 30 heavy (non-hydrogen) atoms. The molecule has 158 valence electrons. The molecule has 0 bridgehead atoms. The molecule has 0 aliphatic carbocycles. The first kappa shape index (κ1) is 21.6. The molecule has 1 aliphatic rings. The number of methoxy groups -OCH3 is 1. The fraction of sp³-hybridized carbons (Fsp3) is 0.318. The highest BCUT2D eigenvalue weighted by molar-refractivity contribution is 6.30. The van der Waals surface area contributed by atoms with E-state index in [4.69, 9.17) is 16.3 Å². The number of nitrogens with one attached hydrogen (secondary N) is 2. The van der Waals surface area contributed by atoms with Crippen molar-refractivity contribution in [2.24, 2.45) is 0 Å². The third kappa shape index (κ3) is 5.51. The van der Waals surface area contributed by atoms with E-state index >= 15 is 0 Å². The van der Waals surface area contributed by atoms with Gasteiger partial charge in [-0.15, -0.1) is 0 Å². The lowest BCUT2D eigenvalue weighted by Crippen LogP contribution is -2.28. The molecule has 0 unspecified atom stereocenters. The van der Waals surface area contributed by atoms with E-state index in [-0.39, 0.29) is 24.8 Å². The molecule has 3 rings (SSSR count). The van der Waals surface area contributed by atoms with Crippen LogP contribution >= 0.6 is 11.6 Å². The summed E-state index contributed by atoms with van der Waals surface area (Å²) >= 11 is 5.82. The van der Waals surface area contributed by atoms with E-state index in [1.807, 2.05) is 6.07 Å². The number of nitrogens with zero attached hydrogens (tertiary/aromatic N) is 1. The summed E-state index contributed by atoms with van der Waals surface area (Å²) in [7, 11) is 1.32. The zero-order valence-electron chi connectivity index (χ0n) is 16.7. The van der Waals surface area contributed by atoms with Gasteiger partial charge in [-0.3, -0.25) is 9.59 Å². The molecule has 1 fully saturated rings. The number of benzene rings is 2. The van der Waals surface area contributed by atoms with Crippen molar-refractivity contribution in [2.75, 3.05) is 37.0 Å². The number of carbonyl (C=O) groups is 3. The number of rotatable bonds is 7. The van der Waals surface area contributed by atoms with Crippen LogP contribution in [0.15, 0.2) is 42.5 Å². The lowest BCUT2D eigenvalue weighted by atomic mass is 10.1. The molecule has 2 N–H and O–H groups in total. The van der Waals surface area contributed by atoms with E-state index in [0.29, 0.717) is 21.8 Å². The van der Waals surface area contributed by atoms with Crippen molar-refractivity contribution in [1.29, 1.82) is 0 Å². The number of hydrogen-bond donors (Lipinski definition) is 2. The Labute approximate surface area is 180 Å². The maximum Gasteiger partial charge on any atom is 0.337 e. The van der Waals surface area contributed by atoms with Crippen LogP contribution in [0.4, 0.5) is 11.4 Å². The number of esters is 1. The number of amides is 2. The van der Waals surface area contributed by atoms with Gasteiger partial charge in [-0.05, 0) is 55.3 Å². The van der Waals surface area contributed by atoms with Crippen molar-refractivity contribution in [2.45, 2.75) is 19.3 Å². The van der Waals surface area contributed by atoms with E-state index in [9.17, 15) is 14.4 Å². The standard InChI is InChI=1S/C22H24ClN3O4/c1-30-22(29)16-6-9-19(26-12-2-3-13-26)18(14-16)25-20(27)10-11-24-21(28)15-4-7-17(23)8-5-15/h4-9,14H,2-3,10-13H2,1H3,(H,24,28)(H,25,27). The molecule has 0 saturated carbocycles. The first-order valence-electron chi connectivity index (χ1n) is 9.79. The van der Waals surface area contributed by atoms with Crippen LogP contribution in [0.3, 0.4) is 0 Å². The Hall–Kier alpha value is -3.06. The minimum Gasteiger partial charge on any atom is -0.465 e. The van der Waals surface area contributed by atoms with Crippen LogP contribution < -0.4 is 15.5 Å². The van der Waals surface area contributed by atoms with Crippen LogP contribution in [0.25, 0.3) is 0 Å². The third-order valence-corrected chi connectivity index (χ3v) is 5.13. The maximum atomic E-state index is 12.5. The van der Waals surface area contributed by atoms with Crippen molar-refractivity contribution in [1.82, 2.24) is 5.32 Å². The van der Waals surface area contributed by atoms with Crippen LogP contribution in [0, 0.1) is 0 Å². The minimum absolute atomic E-state index is 0.0984. The Balaban J connectivity index is 1.62. The highest BCUT2D eigenvalue weighted by Gasteiger charge is 2.19. The van der Waals surface area contributed by atoms with Crippen LogP contribution in [0.1, 0.15) is 40.0 Å². The summed E-state index contributed by atoms with van der Waals surface area (Å²) < 4.78 is 4.78. The monoisotopic (exact) mass is 429 g/mol. The van der Waals surface area contributed by atoms with E-state index < -0.39 is 5.97 Å². The molecule has 2 aromatic carbocycles. The molecule has 0 atom stereocenters. The summed E-state index contributed by atoms with van der Waals surface area (Å²) in [5.74, 6) is -0.993. The molecule has 0 radical (unpaired) electrons. The molecule has 1 heterocycles. The normalized spacial score (nSPS) is 13.1. The summed E-state index contributed by atoms with van der Waals surface area (Å²) in [6.07, 6.45) is 2.27. The minimum atomic E-state index is -0.464. The Bertz CT molecular complexity index is 924. The van der Waals surface area contributed by atoms with Crippen LogP contribution in [-0.4, -0.2) is 44.5 Å². The van der Waals surface area contributed by atoms with Gasteiger partial charge in [0, 0.05) is 36.6 Å². The highest BCUT2D eigenvalue weighted by Crippen LogP contribution is 2.30. The van der Waals surface area contributed by atoms with Crippen LogP contribution in [0.2, 0.25) is 5.02 Å². The van der Waals surface area contributed by atoms with Crippen molar-refractivity contribution in [3.63, 3.8) is 0 Å². The molecule has 7 nitrogen and oxygen atoms in total. The zero-order valence-corrected chi connectivity index (χ0v) is 17.5. The molecule has 2 amide bonds. The number of anilines is 2. The summed E-state index contributed by atoms with van der Waals surface area (Å²) in [4.78, 5) is 38.7. The fourth-order valence-electron chi connectivity index (χ4n) is 3.32. The zero-order chi connectivity index (χ0) is 21.5. The van der Waals surface area contributed by atoms with Crippen LogP contribution in [-0.2, 0) is 9.53 Å². The lowest BCUT2D eigenvalue weighted by molar-refractivity contribution is -0.116. The summed E-state index contributed by atoms with van der Waals surface area (Å²) in [6.45, 7) is 1.98. The molecule has 1 saturated heterocycles. The van der Waals surface area contributed by atoms with Gasteiger partial charge < -0.3 is 20.3 Å². The SMILES string of the molecule is COC(=O)c1ccc(N2CCCC2)c(NC(=O)CCNC(=O)c2ccc(Cl)cc2)c1. The summed E-state index contributed by atoms with van der Waals surface area (Å²) in [6, 6.07) is 11.7. The molecule has 1 aliphatic heterocycles. The predicted octanol–water partition coefficient (Wildman–Crippen LogP) is 3.49. The van der Waals surface area contributed by atoms with Crippen LogP contribution in [0.5, 0.6) is 0 Å². The second-order valence-corrected chi connectivity index (χ2v) is 7.42. The maximum absolute atomic E-state index is 12.5. The van der Waals surface area contributed by atoms with Gasteiger partial charge in [0.05, 0.1) is 24.0 Å². The fourth-order valence-corrected chi connectivity index (χ4v) is 3.45. The Morgan fingerprint density at radius 2 is 1.70 bits per heavy atom.